The second-order valence-electron chi connectivity index (χ2n) is 6.11. The zero-order chi connectivity index (χ0) is 19.1. The van der Waals surface area contributed by atoms with Crippen molar-refractivity contribution in [1.29, 1.82) is 0 Å². The van der Waals surface area contributed by atoms with E-state index >= 15 is 0 Å². The number of para-hydroxylation sites is 2. The van der Waals surface area contributed by atoms with Gasteiger partial charge < -0.3 is 20.1 Å². The number of hydrogen-bond acceptors (Lipinski definition) is 4. The van der Waals surface area contributed by atoms with E-state index in [2.05, 4.69) is 10.6 Å². The number of carbonyl (C=O) groups excluding carboxylic acids is 2. The molecule has 0 aliphatic carbocycles. The molecule has 2 amide bonds. The van der Waals surface area contributed by atoms with Gasteiger partial charge in [-0.2, -0.15) is 0 Å². The van der Waals surface area contributed by atoms with Gasteiger partial charge in [0.05, 0.1) is 19.9 Å². The largest absolute Gasteiger partial charge is 0.497 e. The molecule has 26 heavy (non-hydrogen) atoms. The minimum Gasteiger partial charge on any atom is -0.497 e. The van der Waals surface area contributed by atoms with Gasteiger partial charge in [-0.15, -0.1) is 0 Å². The van der Waals surface area contributed by atoms with E-state index in [1.165, 1.54) is 7.11 Å². The molecule has 1 unspecified atom stereocenters. The maximum atomic E-state index is 12.7. The fraction of sp³-hybridized carbons (Fsp3) is 0.300. The molecule has 6 nitrogen and oxygen atoms in total. The van der Waals surface area contributed by atoms with E-state index in [1.807, 2.05) is 19.9 Å². The predicted octanol–water partition coefficient (Wildman–Crippen LogP) is 3.10. The van der Waals surface area contributed by atoms with Crippen molar-refractivity contribution in [3.8, 4) is 11.5 Å². The minimum atomic E-state index is -0.686. The lowest BCUT2D eigenvalue weighted by atomic mass is 10.0. The Bertz CT molecular complexity index is 757. The third kappa shape index (κ3) is 4.75. The van der Waals surface area contributed by atoms with Crippen molar-refractivity contribution >= 4 is 17.5 Å². The summed E-state index contributed by atoms with van der Waals surface area (Å²) in [4.78, 5) is 25.2. The molecule has 0 radical (unpaired) electrons. The molecule has 138 valence electrons. The number of nitrogens with one attached hydrogen (secondary N) is 2. The third-order valence-electron chi connectivity index (χ3n) is 3.95. The van der Waals surface area contributed by atoms with Crippen LogP contribution >= 0.6 is 0 Å². The van der Waals surface area contributed by atoms with E-state index in [1.54, 1.807) is 49.6 Å². The number of hydrogen-bond donors (Lipinski definition) is 2. The zero-order valence-corrected chi connectivity index (χ0v) is 15.4. The Balaban J connectivity index is 2.11. The summed E-state index contributed by atoms with van der Waals surface area (Å²) in [6.07, 6.45) is 0. The van der Waals surface area contributed by atoms with Gasteiger partial charge in [0.1, 0.15) is 17.5 Å². The van der Waals surface area contributed by atoms with Crippen LogP contribution in [-0.2, 0) is 4.79 Å². The molecule has 0 aromatic heterocycles. The lowest BCUT2D eigenvalue weighted by Crippen LogP contribution is -2.47. The average molecular weight is 356 g/mol. The van der Waals surface area contributed by atoms with E-state index in [0.29, 0.717) is 22.7 Å². The summed E-state index contributed by atoms with van der Waals surface area (Å²) < 4.78 is 10.3. The highest BCUT2D eigenvalue weighted by atomic mass is 16.5. The van der Waals surface area contributed by atoms with Gasteiger partial charge in [0.25, 0.3) is 5.91 Å². The molecular weight excluding hydrogens is 332 g/mol. The molecule has 0 aliphatic heterocycles. The first-order valence-corrected chi connectivity index (χ1v) is 8.35. The molecular formula is C20H24N2O4. The van der Waals surface area contributed by atoms with Crippen LogP contribution in [0.3, 0.4) is 0 Å². The number of carbonyl (C=O) groups is 2. The molecule has 2 N–H and O–H groups in total. The van der Waals surface area contributed by atoms with E-state index in [0.717, 1.165) is 0 Å². The molecule has 6 heteroatoms. The Morgan fingerprint density at radius 2 is 1.58 bits per heavy atom. The second-order valence-corrected chi connectivity index (χ2v) is 6.11. The number of benzene rings is 2. The third-order valence-corrected chi connectivity index (χ3v) is 3.95. The van der Waals surface area contributed by atoms with Crippen LogP contribution in [0.2, 0.25) is 0 Å². The van der Waals surface area contributed by atoms with Gasteiger partial charge >= 0.3 is 0 Å². The summed E-state index contributed by atoms with van der Waals surface area (Å²) >= 11 is 0. The molecule has 0 saturated heterocycles. The Labute approximate surface area is 153 Å². The summed E-state index contributed by atoms with van der Waals surface area (Å²) in [7, 11) is 3.10. The highest BCUT2D eigenvalue weighted by molar-refractivity contribution is 6.01. The van der Waals surface area contributed by atoms with Crippen molar-refractivity contribution < 1.29 is 19.1 Å². The molecule has 2 aromatic carbocycles. The molecule has 0 heterocycles. The summed E-state index contributed by atoms with van der Waals surface area (Å²) in [5, 5.41) is 5.61. The number of methoxy groups -OCH3 is 2. The normalized spacial score (nSPS) is 11.6. The first-order valence-electron chi connectivity index (χ1n) is 8.35. The Morgan fingerprint density at radius 1 is 0.923 bits per heavy atom. The predicted molar refractivity (Wildman–Crippen MR) is 101 cm³/mol. The molecule has 0 spiro atoms. The van der Waals surface area contributed by atoms with Crippen molar-refractivity contribution in [3.63, 3.8) is 0 Å². The highest BCUT2D eigenvalue weighted by Gasteiger charge is 2.25. The maximum Gasteiger partial charge on any atom is 0.251 e. The fourth-order valence-corrected chi connectivity index (χ4v) is 2.46. The highest BCUT2D eigenvalue weighted by Crippen LogP contribution is 2.23. The first kappa shape index (κ1) is 19.3. The molecule has 0 bridgehead atoms. The van der Waals surface area contributed by atoms with Crippen LogP contribution < -0.4 is 20.1 Å². The number of ether oxygens (including phenoxy) is 2. The van der Waals surface area contributed by atoms with Gasteiger partial charge in [0.2, 0.25) is 5.91 Å². The van der Waals surface area contributed by atoms with Gasteiger partial charge in [-0.25, -0.2) is 0 Å². The van der Waals surface area contributed by atoms with Crippen molar-refractivity contribution in [2.24, 2.45) is 5.92 Å². The van der Waals surface area contributed by atoms with Crippen LogP contribution in [0.25, 0.3) is 0 Å². The number of rotatable bonds is 7. The van der Waals surface area contributed by atoms with E-state index in [-0.39, 0.29) is 17.7 Å². The summed E-state index contributed by atoms with van der Waals surface area (Å²) in [5.41, 5.74) is 1.02. The van der Waals surface area contributed by atoms with Gasteiger partial charge in [-0.05, 0) is 42.3 Å². The topological polar surface area (TPSA) is 76.7 Å². The average Bonchev–Trinajstić information content (AvgIpc) is 2.66. The zero-order valence-electron chi connectivity index (χ0n) is 15.4. The maximum absolute atomic E-state index is 12.7. The standard InChI is InChI=1S/C20H24N2O4/c1-13(2)18(20(24)21-16-7-5-6-8-17(16)26-4)22-19(23)14-9-11-15(25-3)12-10-14/h5-13,18H,1-4H3,(H,21,24)(H,22,23). The lowest BCUT2D eigenvalue weighted by Gasteiger charge is -2.22. The monoisotopic (exact) mass is 356 g/mol. The van der Waals surface area contributed by atoms with Gasteiger partial charge in [-0.1, -0.05) is 26.0 Å². The van der Waals surface area contributed by atoms with Gasteiger partial charge in [0, 0.05) is 5.56 Å². The number of amides is 2. The second kappa shape index (κ2) is 8.89. The van der Waals surface area contributed by atoms with Crippen LogP contribution in [0.5, 0.6) is 11.5 Å². The molecule has 0 saturated carbocycles. The van der Waals surface area contributed by atoms with Gasteiger partial charge in [0.15, 0.2) is 0 Å². The number of anilines is 1. The summed E-state index contributed by atoms with van der Waals surface area (Å²) in [5.74, 6) is 0.514. The molecule has 1 atom stereocenters. The first-order chi connectivity index (χ1) is 12.5. The minimum absolute atomic E-state index is 0.0908. The fourth-order valence-electron chi connectivity index (χ4n) is 2.46. The molecule has 2 rings (SSSR count). The quantitative estimate of drug-likeness (QED) is 0.799. The lowest BCUT2D eigenvalue weighted by molar-refractivity contribution is -0.118. The van der Waals surface area contributed by atoms with Crippen molar-refractivity contribution in [1.82, 2.24) is 5.32 Å². The van der Waals surface area contributed by atoms with Gasteiger partial charge in [-0.3, -0.25) is 9.59 Å². The Morgan fingerprint density at radius 3 is 2.15 bits per heavy atom. The van der Waals surface area contributed by atoms with Crippen LogP contribution in [0.1, 0.15) is 24.2 Å². The van der Waals surface area contributed by atoms with Crippen molar-refractivity contribution in [2.75, 3.05) is 19.5 Å². The van der Waals surface area contributed by atoms with Crippen LogP contribution in [0.15, 0.2) is 48.5 Å². The summed E-state index contributed by atoms with van der Waals surface area (Å²) in [6.45, 7) is 3.75. The molecule has 2 aromatic rings. The van der Waals surface area contributed by atoms with Crippen LogP contribution in [0.4, 0.5) is 5.69 Å². The van der Waals surface area contributed by atoms with E-state index < -0.39 is 6.04 Å². The van der Waals surface area contributed by atoms with Crippen LogP contribution in [-0.4, -0.2) is 32.1 Å². The SMILES string of the molecule is COc1ccc(C(=O)NC(C(=O)Nc2ccccc2OC)C(C)C)cc1. The summed E-state index contributed by atoms with van der Waals surface area (Å²) in [6, 6.07) is 13.2. The van der Waals surface area contributed by atoms with E-state index in [9.17, 15) is 9.59 Å². The Hall–Kier alpha value is -3.02. The van der Waals surface area contributed by atoms with Crippen molar-refractivity contribution in [2.45, 2.75) is 19.9 Å². The smallest absolute Gasteiger partial charge is 0.251 e. The van der Waals surface area contributed by atoms with Crippen LogP contribution in [0, 0.1) is 5.92 Å². The molecule has 0 fully saturated rings. The van der Waals surface area contributed by atoms with E-state index in [4.69, 9.17) is 9.47 Å². The Kier molecular flexibility index (Phi) is 6.60. The molecule has 0 aliphatic rings. The van der Waals surface area contributed by atoms with Crippen molar-refractivity contribution in [3.05, 3.63) is 54.1 Å².